The molecule has 0 aliphatic heterocycles. The molecule has 0 spiro atoms. The van der Waals surface area contributed by atoms with Crippen molar-refractivity contribution in [3.05, 3.63) is 48.7 Å². The zero-order chi connectivity index (χ0) is 14.2. The molecule has 0 bridgehead atoms. The molecule has 0 saturated heterocycles. The maximum atomic E-state index is 5.71. The van der Waals surface area contributed by atoms with Gasteiger partial charge in [0.15, 0.2) is 0 Å². The first kappa shape index (κ1) is 12.5. The van der Waals surface area contributed by atoms with Crippen molar-refractivity contribution in [1.29, 1.82) is 0 Å². The Hall–Kier alpha value is -2.23. The maximum absolute atomic E-state index is 5.71. The number of ether oxygens (including phenoxy) is 1. The van der Waals surface area contributed by atoms with Gasteiger partial charge in [-0.25, -0.2) is 4.98 Å². The van der Waals surface area contributed by atoms with Crippen LogP contribution in [0.5, 0.6) is 5.75 Å². The van der Waals surface area contributed by atoms with Gasteiger partial charge < -0.3 is 13.9 Å². The Balaban J connectivity index is 1.70. The number of aromatic nitrogens is 3. The molecule has 21 heavy (non-hydrogen) atoms. The second-order valence-corrected chi connectivity index (χ2v) is 5.59. The summed E-state index contributed by atoms with van der Waals surface area (Å²) in [6.07, 6.45) is 8.65. The molecule has 4 nitrogen and oxygen atoms in total. The van der Waals surface area contributed by atoms with Gasteiger partial charge in [-0.15, -0.1) is 0 Å². The Kier molecular flexibility index (Phi) is 2.95. The molecular formula is C17H19N3O. The fourth-order valence-corrected chi connectivity index (χ4v) is 2.92. The van der Waals surface area contributed by atoms with Crippen LogP contribution in [-0.4, -0.2) is 20.7 Å². The van der Waals surface area contributed by atoms with E-state index in [4.69, 9.17) is 4.74 Å². The number of nitrogens with zero attached hydrogens (tertiary/aromatic N) is 3. The SMILES string of the molecule is CCOc1cccc2c1ccn2Cc1cncn1C1CC1. The first-order valence-electron chi connectivity index (χ1n) is 7.58. The highest BCUT2D eigenvalue weighted by Crippen LogP contribution is 2.36. The molecule has 3 aromatic rings. The van der Waals surface area contributed by atoms with E-state index in [0.717, 1.165) is 12.3 Å². The third-order valence-corrected chi connectivity index (χ3v) is 4.09. The standard InChI is InChI=1S/C17H19N3O/c1-2-21-17-5-3-4-16-15(17)8-9-19(16)11-14-10-18-12-20(14)13-6-7-13/h3-5,8-10,12-13H,2,6-7,11H2,1H3. The third-order valence-electron chi connectivity index (χ3n) is 4.09. The van der Waals surface area contributed by atoms with Crippen LogP contribution in [0.3, 0.4) is 0 Å². The van der Waals surface area contributed by atoms with Crippen molar-refractivity contribution in [2.75, 3.05) is 6.61 Å². The summed E-state index contributed by atoms with van der Waals surface area (Å²) in [5, 5.41) is 1.18. The highest BCUT2D eigenvalue weighted by molar-refractivity contribution is 5.86. The van der Waals surface area contributed by atoms with Gasteiger partial charge in [0.1, 0.15) is 5.75 Å². The summed E-state index contributed by atoms with van der Waals surface area (Å²) < 4.78 is 10.3. The number of benzene rings is 1. The molecule has 4 rings (SSSR count). The van der Waals surface area contributed by atoms with E-state index >= 15 is 0 Å². The second-order valence-electron chi connectivity index (χ2n) is 5.59. The molecule has 0 N–H and O–H groups in total. The molecule has 2 aromatic heterocycles. The number of fused-ring (bicyclic) bond motifs is 1. The van der Waals surface area contributed by atoms with E-state index in [1.165, 1.54) is 29.4 Å². The van der Waals surface area contributed by atoms with Crippen LogP contribution in [0.1, 0.15) is 31.5 Å². The van der Waals surface area contributed by atoms with Crippen molar-refractivity contribution in [3.8, 4) is 5.75 Å². The monoisotopic (exact) mass is 281 g/mol. The Morgan fingerprint density at radius 2 is 2.19 bits per heavy atom. The Morgan fingerprint density at radius 3 is 3.00 bits per heavy atom. The average Bonchev–Trinajstić information content (AvgIpc) is 3.10. The predicted octanol–water partition coefficient (Wildman–Crippen LogP) is 3.62. The minimum absolute atomic E-state index is 0.670. The zero-order valence-electron chi connectivity index (χ0n) is 12.2. The van der Waals surface area contributed by atoms with Crippen LogP contribution in [0.15, 0.2) is 43.0 Å². The summed E-state index contributed by atoms with van der Waals surface area (Å²) in [5.41, 5.74) is 2.49. The quantitative estimate of drug-likeness (QED) is 0.715. The van der Waals surface area contributed by atoms with Crippen LogP contribution in [0, 0.1) is 0 Å². The summed E-state index contributed by atoms with van der Waals surface area (Å²) in [7, 11) is 0. The summed E-state index contributed by atoms with van der Waals surface area (Å²) in [6.45, 7) is 3.57. The smallest absolute Gasteiger partial charge is 0.128 e. The minimum Gasteiger partial charge on any atom is -0.493 e. The minimum atomic E-state index is 0.670. The average molecular weight is 281 g/mol. The largest absolute Gasteiger partial charge is 0.493 e. The van der Waals surface area contributed by atoms with Crippen molar-refractivity contribution < 1.29 is 4.74 Å². The summed E-state index contributed by atoms with van der Waals surface area (Å²) in [5.74, 6) is 0.962. The molecule has 1 aliphatic rings. The molecule has 0 atom stereocenters. The number of imidazole rings is 1. The number of hydrogen-bond acceptors (Lipinski definition) is 2. The van der Waals surface area contributed by atoms with E-state index in [2.05, 4.69) is 38.5 Å². The lowest BCUT2D eigenvalue weighted by molar-refractivity contribution is 0.344. The van der Waals surface area contributed by atoms with E-state index < -0.39 is 0 Å². The van der Waals surface area contributed by atoms with Crippen molar-refractivity contribution in [1.82, 2.24) is 14.1 Å². The Morgan fingerprint density at radius 1 is 1.29 bits per heavy atom. The number of hydrogen-bond donors (Lipinski definition) is 0. The van der Waals surface area contributed by atoms with Crippen molar-refractivity contribution in [2.45, 2.75) is 32.4 Å². The normalized spacial score (nSPS) is 14.7. The van der Waals surface area contributed by atoms with Crippen LogP contribution in [0.4, 0.5) is 0 Å². The maximum Gasteiger partial charge on any atom is 0.128 e. The van der Waals surface area contributed by atoms with E-state index in [9.17, 15) is 0 Å². The van der Waals surface area contributed by atoms with Gasteiger partial charge in [0, 0.05) is 23.8 Å². The second kappa shape index (κ2) is 4.95. The van der Waals surface area contributed by atoms with Crippen molar-refractivity contribution in [3.63, 3.8) is 0 Å². The van der Waals surface area contributed by atoms with Crippen LogP contribution in [0.2, 0.25) is 0 Å². The van der Waals surface area contributed by atoms with Gasteiger partial charge in [0.2, 0.25) is 0 Å². The fraction of sp³-hybridized carbons (Fsp3) is 0.353. The van der Waals surface area contributed by atoms with Crippen LogP contribution < -0.4 is 4.74 Å². The molecule has 4 heteroatoms. The number of rotatable bonds is 5. The molecule has 1 fully saturated rings. The van der Waals surface area contributed by atoms with E-state index in [1.54, 1.807) is 0 Å². The van der Waals surface area contributed by atoms with Gasteiger partial charge in [0.25, 0.3) is 0 Å². The fourth-order valence-electron chi connectivity index (χ4n) is 2.92. The molecule has 0 unspecified atom stereocenters. The lowest BCUT2D eigenvalue weighted by Gasteiger charge is -2.10. The molecule has 1 saturated carbocycles. The third kappa shape index (κ3) is 2.20. The molecule has 2 heterocycles. The van der Waals surface area contributed by atoms with Gasteiger partial charge >= 0.3 is 0 Å². The molecular weight excluding hydrogens is 262 g/mol. The first-order chi connectivity index (χ1) is 10.4. The summed E-state index contributed by atoms with van der Waals surface area (Å²) in [4.78, 5) is 4.32. The van der Waals surface area contributed by atoms with E-state index in [1.807, 2.05) is 25.5 Å². The van der Waals surface area contributed by atoms with Crippen LogP contribution in [-0.2, 0) is 6.54 Å². The lowest BCUT2D eigenvalue weighted by Crippen LogP contribution is -2.05. The molecule has 0 amide bonds. The zero-order valence-corrected chi connectivity index (χ0v) is 12.2. The van der Waals surface area contributed by atoms with Gasteiger partial charge in [-0.1, -0.05) is 6.07 Å². The highest BCUT2D eigenvalue weighted by atomic mass is 16.5. The topological polar surface area (TPSA) is 32.0 Å². The Bertz CT molecular complexity index is 767. The van der Waals surface area contributed by atoms with Gasteiger partial charge in [0.05, 0.1) is 30.7 Å². The molecule has 1 aromatic carbocycles. The molecule has 1 aliphatic carbocycles. The Labute approximate surface area is 124 Å². The lowest BCUT2D eigenvalue weighted by atomic mass is 10.2. The van der Waals surface area contributed by atoms with Crippen LogP contribution in [0.25, 0.3) is 10.9 Å². The predicted molar refractivity (Wildman–Crippen MR) is 82.7 cm³/mol. The molecule has 108 valence electrons. The molecule has 0 radical (unpaired) electrons. The summed E-state index contributed by atoms with van der Waals surface area (Å²) in [6, 6.07) is 9.05. The van der Waals surface area contributed by atoms with E-state index in [0.29, 0.717) is 12.6 Å². The van der Waals surface area contributed by atoms with E-state index in [-0.39, 0.29) is 0 Å². The summed E-state index contributed by atoms with van der Waals surface area (Å²) >= 11 is 0. The van der Waals surface area contributed by atoms with Gasteiger partial charge in [-0.2, -0.15) is 0 Å². The van der Waals surface area contributed by atoms with Crippen molar-refractivity contribution in [2.24, 2.45) is 0 Å². The van der Waals surface area contributed by atoms with Gasteiger partial charge in [-0.05, 0) is 38.0 Å². The van der Waals surface area contributed by atoms with Crippen LogP contribution >= 0.6 is 0 Å². The highest BCUT2D eigenvalue weighted by Gasteiger charge is 2.25. The first-order valence-corrected chi connectivity index (χ1v) is 7.58. The van der Waals surface area contributed by atoms with Crippen molar-refractivity contribution >= 4 is 10.9 Å². The van der Waals surface area contributed by atoms with Gasteiger partial charge in [-0.3, -0.25) is 0 Å².